The lowest BCUT2D eigenvalue weighted by atomic mass is 10.1. The van der Waals surface area contributed by atoms with E-state index < -0.39 is 0 Å². The van der Waals surface area contributed by atoms with Gasteiger partial charge in [-0.2, -0.15) is 0 Å². The van der Waals surface area contributed by atoms with Gasteiger partial charge in [-0.05, 0) is 37.0 Å². The topological polar surface area (TPSA) is 29.3 Å². The van der Waals surface area contributed by atoms with Gasteiger partial charge in [0.15, 0.2) is 0 Å². The Morgan fingerprint density at radius 1 is 1.42 bits per heavy atom. The number of benzene rings is 1. The van der Waals surface area contributed by atoms with Gasteiger partial charge < -0.3 is 5.73 Å². The molecule has 2 nitrogen and oxygen atoms in total. The number of nitrogens with two attached hydrogens (primary N) is 1. The maximum absolute atomic E-state index is 13.6. The maximum atomic E-state index is 13.6. The van der Waals surface area contributed by atoms with Crippen LogP contribution < -0.4 is 5.73 Å². The molecule has 0 saturated carbocycles. The van der Waals surface area contributed by atoms with Crippen molar-refractivity contribution in [1.29, 1.82) is 0 Å². The summed E-state index contributed by atoms with van der Waals surface area (Å²) in [5, 5.41) is 0. The average molecular weight is 260 g/mol. The van der Waals surface area contributed by atoms with E-state index in [-0.39, 0.29) is 12.4 Å². The standard InChI is InChI=1S/C16H21FN2/c1-12-8-13(2)19(10-12)11-14-5-6-16(17)15(9-14)4-3-7-18/h5-6,9,12-13H,7-8,10-11,18H2,1-2H3. The van der Waals surface area contributed by atoms with Crippen LogP contribution in [0.25, 0.3) is 0 Å². The lowest BCUT2D eigenvalue weighted by molar-refractivity contribution is 0.256. The molecule has 1 aromatic rings. The highest BCUT2D eigenvalue weighted by molar-refractivity contribution is 5.38. The van der Waals surface area contributed by atoms with Crippen molar-refractivity contribution in [3.63, 3.8) is 0 Å². The van der Waals surface area contributed by atoms with Crippen molar-refractivity contribution in [2.24, 2.45) is 11.7 Å². The number of nitrogens with zero attached hydrogens (tertiary/aromatic N) is 1. The second kappa shape index (κ2) is 6.18. The van der Waals surface area contributed by atoms with Crippen LogP contribution in [-0.2, 0) is 6.54 Å². The van der Waals surface area contributed by atoms with Crippen molar-refractivity contribution in [2.75, 3.05) is 13.1 Å². The molecule has 0 radical (unpaired) electrons. The molecule has 1 heterocycles. The second-order valence-electron chi connectivity index (χ2n) is 5.44. The summed E-state index contributed by atoms with van der Waals surface area (Å²) in [7, 11) is 0. The third kappa shape index (κ3) is 3.56. The molecule has 2 atom stereocenters. The summed E-state index contributed by atoms with van der Waals surface area (Å²) in [4.78, 5) is 2.44. The van der Waals surface area contributed by atoms with Gasteiger partial charge in [0.05, 0.1) is 12.1 Å². The Balaban J connectivity index is 2.13. The summed E-state index contributed by atoms with van der Waals surface area (Å²) >= 11 is 0. The van der Waals surface area contributed by atoms with E-state index in [2.05, 4.69) is 30.6 Å². The van der Waals surface area contributed by atoms with Gasteiger partial charge in [-0.15, -0.1) is 0 Å². The number of rotatable bonds is 2. The van der Waals surface area contributed by atoms with Gasteiger partial charge in [-0.25, -0.2) is 4.39 Å². The largest absolute Gasteiger partial charge is 0.320 e. The summed E-state index contributed by atoms with van der Waals surface area (Å²) in [6.45, 7) is 6.76. The van der Waals surface area contributed by atoms with Crippen LogP contribution in [0.4, 0.5) is 4.39 Å². The Labute approximate surface area is 114 Å². The van der Waals surface area contributed by atoms with Crippen molar-refractivity contribution >= 4 is 0 Å². The quantitative estimate of drug-likeness (QED) is 0.827. The second-order valence-corrected chi connectivity index (χ2v) is 5.44. The zero-order chi connectivity index (χ0) is 13.8. The summed E-state index contributed by atoms with van der Waals surface area (Å²) in [6, 6.07) is 5.78. The van der Waals surface area contributed by atoms with Crippen molar-refractivity contribution < 1.29 is 4.39 Å². The van der Waals surface area contributed by atoms with Crippen LogP contribution in [0.1, 0.15) is 31.4 Å². The summed E-state index contributed by atoms with van der Waals surface area (Å²) in [5.74, 6) is 5.97. The molecule has 1 aromatic carbocycles. The van der Waals surface area contributed by atoms with E-state index in [9.17, 15) is 4.39 Å². The zero-order valence-electron chi connectivity index (χ0n) is 11.6. The molecule has 1 aliphatic heterocycles. The van der Waals surface area contributed by atoms with Gasteiger partial charge in [0.2, 0.25) is 0 Å². The molecule has 0 aromatic heterocycles. The van der Waals surface area contributed by atoms with E-state index in [1.165, 1.54) is 12.5 Å². The monoisotopic (exact) mass is 260 g/mol. The van der Waals surface area contributed by atoms with Crippen molar-refractivity contribution in [2.45, 2.75) is 32.9 Å². The van der Waals surface area contributed by atoms with E-state index in [1.54, 1.807) is 0 Å². The minimum Gasteiger partial charge on any atom is -0.320 e. The lowest BCUT2D eigenvalue weighted by Gasteiger charge is -2.21. The molecule has 102 valence electrons. The first kappa shape index (κ1) is 14.0. The van der Waals surface area contributed by atoms with Gasteiger partial charge in [-0.3, -0.25) is 4.90 Å². The SMILES string of the molecule is CC1CC(C)N(Cc2ccc(F)c(C#CCN)c2)C1. The summed E-state index contributed by atoms with van der Waals surface area (Å²) < 4.78 is 13.6. The van der Waals surface area contributed by atoms with E-state index in [1.807, 2.05) is 12.1 Å². The highest BCUT2D eigenvalue weighted by Gasteiger charge is 2.25. The fourth-order valence-corrected chi connectivity index (χ4v) is 2.75. The first-order valence-corrected chi connectivity index (χ1v) is 6.81. The van der Waals surface area contributed by atoms with E-state index in [0.717, 1.165) is 24.6 Å². The molecule has 0 aliphatic carbocycles. The molecule has 0 amide bonds. The third-order valence-electron chi connectivity index (χ3n) is 3.65. The molecule has 0 bridgehead atoms. The van der Waals surface area contributed by atoms with E-state index in [4.69, 9.17) is 5.73 Å². The van der Waals surface area contributed by atoms with E-state index >= 15 is 0 Å². The van der Waals surface area contributed by atoms with Crippen molar-refractivity contribution in [1.82, 2.24) is 4.90 Å². The zero-order valence-corrected chi connectivity index (χ0v) is 11.6. The highest BCUT2D eigenvalue weighted by atomic mass is 19.1. The lowest BCUT2D eigenvalue weighted by Crippen LogP contribution is -2.26. The predicted octanol–water partition coefficient (Wildman–Crippen LogP) is 2.37. The molecular weight excluding hydrogens is 239 g/mol. The summed E-state index contributed by atoms with van der Waals surface area (Å²) in [5.41, 5.74) is 6.89. The van der Waals surface area contributed by atoms with Crippen molar-refractivity contribution in [3.05, 3.63) is 35.1 Å². The number of halogens is 1. The van der Waals surface area contributed by atoms with Gasteiger partial charge in [-0.1, -0.05) is 24.8 Å². The Hall–Kier alpha value is -1.37. The predicted molar refractivity (Wildman–Crippen MR) is 76.0 cm³/mol. The normalized spacial score (nSPS) is 23.2. The minimum absolute atomic E-state index is 0.254. The van der Waals surface area contributed by atoms with Crippen LogP contribution in [0.2, 0.25) is 0 Å². The molecule has 1 saturated heterocycles. The van der Waals surface area contributed by atoms with Gasteiger partial charge >= 0.3 is 0 Å². The van der Waals surface area contributed by atoms with Crippen LogP contribution in [0.3, 0.4) is 0 Å². The number of likely N-dealkylation sites (tertiary alicyclic amines) is 1. The third-order valence-corrected chi connectivity index (χ3v) is 3.65. The minimum atomic E-state index is -0.271. The molecule has 19 heavy (non-hydrogen) atoms. The van der Waals surface area contributed by atoms with Gasteiger partial charge in [0, 0.05) is 19.1 Å². The molecular formula is C16H21FN2. The molecule has 0 spiro atoms. The molecule has 2 rings (SSSR count). The Bertz CT molecular complexity index is 501. The van der Waals surface area contributed by atoms with Crippen LogP contribution in [0, 0.1) is 23.6 Å². The van der Waals surface area contributed by atoms with Gasteiger partial charge in [0.1, 0.15) is 5.82 Å². The Morgan fingerprint density at radius 3 is 2.84 bits per heavy atom. The summed E-state index contributed by atoms with van der Waals surface area (Å²) in [6.07, 6.45) is 1.24. The Kier molecular flexibility index (Phi) is 4.57. The molecule has 3 heteroatoms. The van der Waals surface area contributed by atoms with Crippen LogP contribution in [-0.4, -0.2) is 24.0 Å². The first-order chi connectivity index (χ1) is 9.10. The fraction of sp³-hybridized carbons (Fsp3) is 0.500. The van der Waals surface area contributed by atoms with E-state index in [0.29, 0.717) is 11.6 Å². The number of hydrogen-bond acceptors (Lipinski definition) is 2. The molecule has 2 unspecified atom stereocenters. The molecule has 2 N–H and O–H groups in total. The maximum Gasteiger partial charge on any atom is 0.138 e. The molecule has 1 fully saturated rings. The fourth-order valence-electron chi connectivity index (χ4n) is 2.75. The first-order valence-electron chi connectivity index (χ1n) is 6.81. The average Bonchev–Trinajstić information content (AvgIpc) is 2.68. The van der Waals surface area contributed by atoms with Crippen LogP contribution in [0.5, 0.6) is 0 Å². The van der Waals surface area contributed by atoms with Crippen LogP contribution >= 0.6 is 0 Å². The van der Waals surface area contributed by atoms with Crippen molar-refractivity contribution in [3.8, 4) is 11.8 Å². The molecule has 1 aliphatic rings. The number of hydrogen-bond donors (Lipinski definition) is 1. The highest BCUT2D eigenvalue weighted by Crippen LogP contribution is 2.24. The Morgan fingerprint density at radius 2 is 2.21 bits per heavy atom. The van der Waals surface area contributed by atoms with Gasteiger partial charge in [0.25, 0.3) is 0 Å². The smallest absolute Gasteiger partial charge is 0.138 e. The van der Waals surface area contributed by atoms with Crippen LogP contribution in [0.15, 0.2) is 18.2 Å².